The van der Waals surface area contributed by atoms with Crippen LogP contribution in [0.1, 0.15) is 12.5 Å². The molecule has 4 nitrogen and oxygen atoms in total. The molecule has 110 valence electrons. The van der Waals surface area contributed by atoms with E-state index in [-0.39, 0.29) is 5.91 Å². The highest BCUT2D eigenvalue weighted by Crippen LogP contribution is 2.28. The summed E-state index contributed by atoms with van der Waals surface area (Å²) in [6, 6.07) is 8.96. The second kappa shape index (κ2) is 7.43. The summed E-state index contributed by atoms with van der Waals surface area (Å²) in [6.07, 6.45) is 2.75. The SMILES string of the molecule is C[C@H](Oc1ccc(Br)cc1Cl)C(=O)NCc1cccnc1. The zero-order valence-corrected chi connectivity index (χ0v) is 13.7. The maximum atomic E-state index is 12.0. The normalized spacial score (nSPS) is 11.8. The summed E-state index contributed by atoms with van der Waals surface area (Å²) >= 11 is 9.37. The maximum Gasteiger partial charge on any atom is 0.261 e. The molecule has 21 heavy (non-hydrogen) atoms. The number of nitrogens with zero attached hydrogens (tertiary/aromatic N) is 1. The van der Waals surface area contributed by atoms with Crippen molar-refractivity contribution in [3.05, 3.63) is 57.8 Å². The zero-order chi connectivity index (χ0) is 15.2. The van der Waals surface area contributed by atoms with Gasteiger partial charge in [0.1, 0.15) is 5.75 Å². The minimum absolute atomic E-state index is 0.210. The molecule has 2 aromatic rings. The lowest BCUT2D eigenvalue weighted by atomic mass is 10.2. The number of halogens is 2. The van der Waals surface area contributed by atoms with Gasteiger partial charge < -0.3 is 10.1 Å². The van der Waals surface area contributed by atoms with Crippen molar-refractivity contribution < 1.29 is 9.53 Å². The molecule has 0 unspecified atom stereocenters. The summed E-state index contributed by atoms with van der Waals surface area (Å²) in [5, 5.41) is 3.25. The molecule has 2 rings (SSSR count). The van der Waals surface area contributed by atoms with Gasteiger partial charge in [-0.1, -0.05) is 33.6 Å². The number of rotatable bonds is 5. The molecule has 0 bridgehead atoms. The molecular weight excluding hydrogens is 356 g/mol. The standard InChI is InChI=1S/C15H14BrClN2O2/c1-10(21-14-5-4-12(16)7-13(14)17)15(20)19-9-11-3-2-6-18-8-11/h2-8,10H,9H2,1H3,(H,19,20)/t10-/m0/s1. The number of nitrogens with one attached hydrogen (secondary N) is 1. The zero-order valence-electron chi connectivity index (χ0n) is 11.3. The summed E-state index contributed by atoms with van der Waals surface area (Å²) in [5.74, 6) is 0.265. The lowest BCUT2D eigenvalue weighted by Crippen LogP contribution is -2.35. The lowest BCUT2D eigenvalue weighted by molar-refractivity contribution is -0.127. The molecule has 6 heteroatoms. The van der Waals surface area contributed by atoms with Crippen LogP contribution in [-0.4, -0.2) is 17.0 Å². The van der Waals surface area contributed by atoms with Gasteiger partial charge in [-0.25, -0.2) is 0 Å². The summed E-state index contributed by atoms with van der Waals surface area (Å²) in [7, 11) is 0. The van der Waals surface area contributed by atoms with E-state index < -0.39 is 6.10 Å². The number of aromatic nitrogens is 1. The van der Waals surface area contributed by atoms with Gasteiger partial charge >= 0.3 is 0 Å². The first-order valence-corrected chi connectivity index (χ1v) is 7.51. The third-order valence-electron chi connectivity index (χ3n) is 2.76. The Balaban J connectivity index is 1.90. The van der Waals surface area contributed by atoms with E-state index >= 15 is 0 Å². The molecule has 1 aromatic carbocycles. The number of pyridine rings is 1. The maximum absolute atomic E-state index is 12.0. The van der Waals surface area contributed by atoms with Gasteiger partial charge in [0.05, 0.1) is 5.02 Å². The van der Waals surface area contributed by atoms with E-state index in [0.29, 0.717) is 17.3 Å². The van der Waals surface area contributed by atoms with Crippen LogP contribution in [0, 0.1) is 0 Å². The van der Waals surface area contributed by atoms with Gasteiger partial charge in [0, 0.05) is 23.4 Å². The molecular formula is C15H14BrClN2O2. The van der Waals surface area contributed by atoms with Crippen molar-refractivity contribution >= 4 is 33.4 Å². The van der Waals surface area contributed by atoms with Crippen LogP contribution >= 0.6 is 27.5 Å². The molecule has 0 aliphatic heterocycles. The largest absolute Gasteiger partial charge is 0.479 e. The third-order valence-corrected chi connectivity index (χ3v) is 3.55. The lowest BCUT2D eigenvalue weighted by Gasteiger charge is -2.15. The van der Waals surface area contributed by atoms with Gasteiger partial charge in [0.15, 0.2) is 6.10 Å². The fourth-order valence-corrected chi connectivity index (χ4v) is 2.37. The number of amides is 1. The molecule has 0 fully saturated rings. The number of ether oxygens (including phenoxy) is 1. The number of carbonyl (C=O) groups is 1. The summed E-state index contributed by atoms with van der Waals surface area (Å²) in [6.45, 7) is 2.09. The van der Waals surface area contributed by atoms with E-state index in [2.05, 4.69) is 26.2 Å². The quantitative estimate of drug-likeness (QED) is 0.876. The Morgan fingerprint density at radius 2 is 2.29 bits per heavy atom. The molecule has 1 heterocycles. The van der Waals surface area contributed by atoms with Crippen LogP contribution in [-0.2, 0) is 11.3 Å². The topological polar surface area (TPSA) is 51.2 Å². The average molecular weight is 370 g/mol. The first-order chi connectivity index (χ1) is 10.1. The molecule has 1 aromatic heterocycles. The predicted molar refractivity (Wildman–Crippen MR) is 85.3 cm³/mol. The van der Waals surface area contributed by atoms with Crippen LogP contribution in [0.3, 0.4) is 0 Å². The second-order valence-corrected chi connectivity index (χ2v) is 5.74. The Hall–Kier alpha value is -1.59. The fourth-order valence-electron chi connectivity index (χ4n) is 1.65. The molecule has 1 N–H and O–H groups in total. The molecule has 0 saturated carbocycles. The number of carbonyl (C=O) groups excluding carboxylic acids is 1. The van der Waals surface area contributed by atoms with Crippen LogP contribution in [0.4, 0.5) is 0 Å². The van der Waals surface area contributed by atoms with Gasteiger partial charge in [-0.2, -0.15) is 0 Å². The van der Waals surface area contributed by atoms with Crippen molar-refractivity contribution in [2.75, 3.05) is 0 Å². The summed E-state index contributed by atoms with van der Waals surface area (Å²) in [5.41, 5.74) is 0.930. The number of benzene rings is 1. The van der Waals surface area contributed by atoms with E-state index in [1.165, 1.54) is 0 Å². The van der Waals surface area contributed by atoms with Crippen molar-refractivity contribution in [1.29, 1.82) is 0 Å². The highest BCUT2D eigenvalue weighted by atomic mass is 79.9. The first-order valence-electron chi connectivity index (χ1n) is 6.34. The van der Waals surface area contributed by atoms with Crippen LogP contribution < -0.4 is 10.1 Å². The molecule has 0 saturated heterocycles. The highest BCUT2D eigenvalue weighted by Gasteiger charge is 2.15. The highest BCUT2D eigenvalue weighted by molar-refractivity contribution is 9.10. The first kappa shape index (κ1) is 15.8. The van der Waals surface area contributed by atoms with E-state index in [4.69, 9.17) is 16.3 Å². The van der Waals surface area contributed by atoms with Crippen molar-refractivity contribution in [2.24, 2.45) is 0 Å². The summed E-state index contributed by atoms with van der Waals surface area (Å²) < 4.78 is 6.43. The van der Waals surface area contributed by atoms with Gasteiger partial charge in [0.2, 0.25) is 0 Å². The Morgan fingerprint density at radius 3 is 2.95 bits per heavy atom. The van der Waals surface area contributed by atoms with Gasteiger partial charge in [-0.3, -0.25) is 9.78 Å². The molecule has 1 atom stereocenters. The number of hydrogen-bond acceptors (Lipinski definition) is 3. The minimum atomic E-state index is -0.639. The van der Waals surface area contributed by atoms with Gasteiger partial charge in [-0.15, -0.1) is 0 Å². The Labute approximate surface area is 136 Å². The Morgan fingerprint density at radius 1 is 1.48 bits per heavy atom. The van der Waals surface area contributed by atoms with Crippen LogP contribution in [0.5, 0.6) is 5.75 Å². The van der Waals surface area contributed by atoms with Gasteiger partial charge in [-0.05, 0) is 36.8 Å². The van der Waals surface area contributed by atoms with E-state index in [9.17, 15) is 4.79 Å². The number of hydrogen-bond donors (Lipinski definition) is 1. The van der Waals surface area contributed by atoms with Crippen molar-refractivity contribution in [1.82, 2.24) is 10.3 Å². The monoisotopic (exact) mass is 368 g/mol. The van der Waals surface area contributed by atoms with E-state index in [1.807, 2.05) is 18.2 Å². The average Bonchev–Trinajstić information content (AvgIpc) is 2.48. The Bertz CT molecular complexity index is 622. The van der Waals surface area contributed by atoms with E-state index in [1.54, 1.807) is 31.5 Å². The van der Waals surface area contributed by atoms with E-state index in [0.717, 1.165) is 10.0 Å². The predicted octanol–water partition coefficient (Wildman–Crippen LogP) is 3.58. The second-order valence-electron chi connectivity index (χ2n) is 4.41. The Kier molecular flexibility index (Phi) is 5.59. The molecule has 0 spiro atoms. The molecule has 0 aliphatic carbocycles. The fraction of sp³-hybridized carbons (Fsp3) is 0.200. The minimum Gasteiger partial charge on any atom is -0.479 e. The molecule has 1 amide bonds. The smallest absolute Gasteiger partial charge is 0.261 e. The summed E-state index contributed by atoms with van der Waals surface area (Å²) in [4.78, 5) is 16.0. The van der Waals surface area contributed by atoms with Crippen LogP contribution in [0.2, 0.25) is 5.02 Å². The van der Waals surface area contributed by atoms with Crippen molar-refractivity contribution in [2.45, 2.75) is 19.6 Å². The molecule has 0 radical (unpaired) electrons. The third kappa shape index (κ3) is 4.72. The van der Waals surface area contributed by atoms with Crippen molar-refractivity contribution in [3.63, 3.8) is 0 Å². The molecule has 0 aliphatic rings. The van der Waals surface area contributed by atoms with Gasteiger partial charge in [0.25, 0.3) is 5.91 Å². The van der Waals surface area contributed by atoms with Crippen LogP contribution in [0.15, 0.2) is 47.2 Å². The van der Waals surface area contributed by atoms with Crippen LogP contribution in [0.25, 0.3) is 0 Å². The van der Waals surface area contributed by atoms with Crippen molar-refractivity contribution in [3.8, 4) is 5.75 Å².